The van der Waals surface area contributed by atoms with E-state index in [4.69, 9.17) is 4.74 Å². The summed E-state index contributed by atoms with van der Waals surface area (Å²) < 4.78 is 6.76. The molecule has 0 aliphatic heterocycles. The lowest BCUT2D eigenvalue weighted by Gasteiger charge is -2.23. The Morgan fingerprint density at radius 2 is 2.04 bits per heavy atom. The Morgan fingerprint density at radius 3 is 2.78 bits per heavy atom. The minimum atomic E-state index is -0.566. The molecule has 2 heterocycles. The molecule has 0 amide bonds. The van der Waals surface area contributed by atoms with Crippen molar-refractivity contribution in [3.05, 3.63) is 48.7 Å². The second-order valence-corrected chi connectivity index (χ2v) is 5.46. The molecule has 6 nitrogen and oxygen atoms in total. The second kappa shape index (κ2) is 6.76. The van der Waals surface area contributed by atoms with Crippen LogP contribution in [0.25, 0.3) is 16.9 Å². The van der Waals surface area contributed by atoms with Crippen LogP contribution in [-0.2, 0) is 4.74 Å². The van der Waals surface area contributed by atoms with E-state index in [1.807, 2.05) is 54.4 Å². The molecule has 0 aliphatic carbocycles. The molecule has 0 radical (unpaired) electrons. The molecule has 1 aromatic carbocycles. The van der Waals surface area contributed by atoms with Crippen LogP contribution in [0.5, 0.6) is 0 Å². The van der Waals surface area contributed by atoms with E-state index in [0.717, 1.165) is 22.7 Å². The minimum Gasteiger partial charge on any atom is -0.389 e. The van der Waals surface area contributed by atoms with Crippen LogP contribution in [0.15, 0.2) is 48.7 Å². The van der Waals surface area contributed by atoms with Crippen molar-refractivity contribution < 1.29 is 9.84 Å². The van der Waals surface area contributed by atoms with E-state index in [1.165, 1.54) is 0 Å². The number of methoxy groups -OCH3 is 1. The third-order valence-corrected chi connectivity index (χ3v) is 3.64. The average Bonchev–Trinajstić information content (AvgIpc) is 3.03. The van der Waals surface area contributed by atoms with Crippen LogP contribution >= 0.6 is 0 Å². The van der Waals surface area contributed by atoms with Crippen molar-refractivity contribution >= 4 is 11.5 Å². The Balaban J connectivity index is 2.00. The summed E-state index contributed by atoms with van der Waals surface area (Å²) in [6, 6.07) is 13.9. The monoisotopic (exact) mass is 312 g/mol. The number of hydrogen-bond donors (Lipinski definition) is 1. The lowest BCUT2D eigenvalue weighted by molar-refractivity contribution is 0.0694. The van der Waals surface area contributed by atoms with Gasteiger partial charge in [0, 0.05) is 38.4 Å². The zero-order chi connectivity index (χ0) is 16.2. The molecule has 3 rings (SSSR count). The first-order chi connectivity index (χ1) is 11.2. The SMILES string of the molecule is COC[C@@H](O)CN(C)c1cc(-c2ccccc2)nc2ccnn12. The van der Waals surface area contributed by atoms with Gasteiger partial charge in [0.1, 0.15) is 5.82 Å². The summed E-state index contributed by atoms with van der Waals surface area (Å²) in [7, 11) is 3.50. The van der Waals surface area contributed by atoms with E-state index in [9.17, 15) is 5.11 Å². The number of likely N-dealkylation sites (N-methyl/N-ethyl adjacent to an activating group) is 1. The molecule has 1 atom stereocenters. The van der Waals surface area contributed by atoms with Gasteiger partial charge in [0.05, 0.1) is 24.6 Å². The number of ether oxygens (including phenoxy) is 1. The fraction of sp³-hybridized carbons (Fsp3) is 0.294. The number of aliphatic hydroxyl groups is 1. The van der Waals surface area contributed by atoms with Gasteiger partial charge < -0.3 is 14.7 Å². The third kappa shape index (κ3) is 3.33. The molecule has 0 saturated heterocycles. The molecule has 0 spiro atoms. The Labute approximate surface area is 135 Å². The smallest absolute Gasteiger partial charge is 0.157 e. The van der Waals surface area contributed by atoms with Crippen molar-refractivity contribution in [1.82, 2.24) is 14.6 Å². The second-order valence-electron chi connectivity index (χ2n) is 5.46. The maximum atomic E-state index is 9.98. The number of aromatic nitrogens is 3. The lowest BCUT2D eigenvalue weighted by Crippen LogP contribution is -2.33. The van der Waals surface area contributed by atoms with Crippen LogP contribution < -0.4 is 4.90 Å². The van der Waals surface area contributed by atoms with Gasteiger partial charge in [-0.3, -0.25) is 0 Å². The standard InChI is InChI=1S/C17H20N4O2/c1-20(11-14(22)12-23-2)17-10-15(13-6-4-3-5-7-13)19-16-8-9-18-21(16)17/h3-10,14,22H,11-12H2,1-2H3/t14-/m0/s1. The molecule has 0 saturated carbocycles. The predicted octanol–water partition coefficient (Wildman–Crippen LogP) is 1.84. The minimum absolute atomic E-state index is 0.295. The molecule has 0 bridgehead atoms. The number of nitrogens with zero attached hydrogens (tertiary/aromatic N) is 4. The molecule has 3 aromatic rings. The van der Waals surface area contributed by atoms with Crippen LogP contribution in [0.1, 0.15) is 0 Å². The normalized spacial score (nSPS) is 12.5. The van der Waals surface area contributed by atoms with E-state index in [2.05, 4.69) is 10.1 Å². The molecular formula is C17H20N4O2. The number of anilines is 1. The Morgan fingerprint density at radius 1 is 1.26 bits per heavy atom. The highest BCUT2D eigenvalue weighted by Gasteiger charge is 2.14. The van der Waals surface area contributed by atoms with Gasteiger partial charge in [0.15, 0.2) is 5.65 Å². The summed E-state index contributed by atoms with van der Waals surface area (Å²) in [5.74, 6) is 0.869. The van der Waals surface area contributed by atoms with Gasteiger partial charge in [-0.2, -0.15) is 9.61 Å². The fourth-order valence-corrected chi connectivity index (χ4v) is 2.58. The van der Waals surface area contributed by atoms with Crippen molar-refractivity contribution in [2.45, 2.75) is 6.10 Å². The van der Waals surface area contributed by atoms with Gasteiger partial charge >= 0.3 is 0 Å². The number of hydrogen-bond acceptors (Lipinski definition) is 5. The lowest BCUT2D eigenvalue weighted by atomic mass is 10.1. The maximum Gasteiger partial charge on any atom is 0.157 e. The van der Waals surface area contributed by atoms with Crippen LogP contribution in [0.2, 0.25) is 0 Å². The van der Waals surface area contributed by atoms with Crippen molar-refractivity contribution in [1.29, 1.82) is 0 Å². The molecule has 6 heteroatoms. The highest BCUT2D eigenvalue weighted by molar-refractivity contribution is 5.66. The van der Waals surface area contributed by atoms with Crippen molar-refractivity contribution in [3.63, 3.8) is 0 Å². The highest BCUT2D eigenvalue weighted by atomic mass is 16.5. The van der Waals surface area contributed by atoms with E-state index in [0.29, 0.717) is 13.2 Å². The first kappa shape index (κ1) is 15.5. The molecule has 0 unspecified atom stereocenters. The first-order valence-electron chi connectivity index (χ1n) is 7.47. The number of benzene rings is 1. The van der Waals surface area contributed by atoms with Crippen LogP contribution in [0.3, 0.4) is 0 Å². The number of aliphatic hydroxyl groups excluding tert-OH is 1. The zero-order valence-electron chi connectivity index (χ0n) is 13.3. The highest BCUT2D eigenvalue weighted by Crippen LogP contribution is 2.23. The largest absolute Gasteiger partial charge is 0.389 e. The van der Waals surface area contributed by atoms with E-state index in [-0.39, 0.29) is 0 Å². The van der Waals surface area contributed by atoms with E-state index in [1.54, 1.807) is 17.8 Å². The summed E-state index contributed by atoms with van der Waals surface area (Å²) in [5, 5.41) is 14.3. The van der Waals surface area contributed by atoms with Crippen molar-refractivity contribution in [2.75, 3.05) is 32.2 Å². The van der Waals surface area contributed by atoms with Gasteiger partial charge in [-0.25, -0.2) is 4.98 Å². The molecule has 1 N–H and O–H groups in total. The molecule has 23 heavy (non-hydrogen) atoms. The Kier molecular flexibility index (Phi) is 4.55. The van der Waals surface area contributed by atoms with Crippen molar-refractivity contribution in [2.24, 2.45) is 0 Å². The predicted molar refractivity (Wildman–Crippen MR) is 89.6 cm³/mol. The van der Waals surface area contributed by atoms with Crippen molar-refractivity contribution in [3.8, 4) is 11.3 Å². The fourth-order valence-electron chi connectivity index (χ4n) is 2.58. The van der Waals surface area contributed by atoms with Crippen LogP contribution in [-0.4, -0.2) is 53.1 Å². The van der Waals surface area contributed by atoms with Gasteiger partial charge in [0.2, 0.25) is 0 Å². The summed E-state index contributed by atoms with van der Waals surface area (Å²) >= 11 is 0. The quantitative estimate of drug-likeness (QED) is 0.752. The zero-order valence-corrected chi connectivity index (χ0v) is 13.3. The molecule has 0 fully saturated rings. The summed E-state index contributed by atoms with van der Waals surface area (Å²) in [6.45, 7) is 0.740. The Bertz CT molecular complexity index is 773. The molecule has 0 aliphatic rings. The molecule has 2 aromatic heterocycles. The van der Waals surface area contributed by atoms with Gasteiger partial charge in [0.25, 0.3) is 0 Å². The van der Waals surface area contributed by atoms with Gasteiger partial charge in [-0.1, -0.05) is 30.3 Å². The van der Waals surface area contributed by atoms with E-state index < -0.39 is 6.10 Å². The average molecular weight is 312 g/mol. The molecule has 120 valence electrons. The summed E-state index contributed by atoms with van der Waals surface area (Å²) in [6.07, 6.45) is 1.16. The van der Waals surface area contributed by atoms with Gasteiger partial charge in [-0.15, -0.1) is 0 Å². The van der Waals surface area contributed by atoms with Gasteiger partial charge in [-0.05, 0) is 0 Å². The maximum absolute atomic E-state index is 9.98. The third-order valence-electron chi connectivity index (χ3n) is 3.64. The topological polar surface area (TPSA) is 62.9 Å². The van der Waals surface area contributed by atoms with Crippen LogP contribution in [0.4, 0.5) is 5.82 Å². The summed E-state index contributed by atoms with van der Waals surface area (Å²) in [4.78, 5) is 6.61. The first-order valence-corrected chi connectivity index (χ1v) is 7.47. The number of fused-ring (bicyclic) bond motifs is 1. The van der Waals surface area contributed by atoms with E-state index >= 15 is 0 Å². The Hall–Kier alpha value is -2.44. The van der Waals surface area contributed by atoms with Crippen LogP contribution in [0, 0.1) is 0 Å². The molecular weight excluding hydrogens is 292 g/mol. The number of rotatable bonds is 6. The summed E-state index contributed by atoms with van der Waals surface area (Å²) in [5.41, 5.74) is 2.69.